The van der Waals surface area contributed by atoms with Crippen LogP contribution in [0.1, 0.15) is 22.8 Å². The van der Waals surface area contributed by atoms with Gasteiger partial charge in [-0.3, -0.25) is 9.59 Å². The van der Waals surface area contributed by atoms with E-state index in [-0.39, 0.29) is 24.9 Å². The zero-order chi connectivity index (χ0) is 16.0. The molecule has 0 spiro atoms. The topological polar surface area (TPSA) is 78.4 Å². The zero-order valence-corrected chi connectivity index (χ0v) is 13.0. The van der Waals surface area contributed by atoms with E-state index in [1.165, 1.54) is 11.3 Å². The largest absolute Gasteiger partial charge is 0.384 e. The Morgan fingerprint density at radius 3 is 2.55 bits per heavy atom. The zero-order valence-electron chi connectivity index (χ0n) is 12.2. The van der Waals surface area contributed by atoms with Gasteiger partial charge in [0.05, 0.1) is 13.1 Å². The standard InChI is InChI=1S/C16H18N2O3S/c1-16(21,13-5-3-2-4-6-13)11-18-14(19)9-17-15(20)12-7-8-22-10-12/h2-8,10,21H,9,11H2,1H3,(H,17,20)(H,18,19). The van der Waals surface area contributed by atoms with Gasteiger partial charge in [0.15, 0.2) is 0 Å². The van der Waals surface area contributed by atoms with E-state index in [9.17, 15) is 14.7 Å². The molecule has 2 aromatic rings. The summed E-state index contributed by atoms with van der Waals surface area (Å²) in [5.41, 5.74) is 0.0977. The second kappa shape index (κ2) is 7.20. The maximum Gasteiger partial charge on any atom is 0.252 e. The summed E-state index contributed by atoms with van der Waals surface area (Å²) in [5, 5.41) is 19.0. The predicted molar refractivity (Wildman–Crippen MR) is 85.7 cm³/mol. The fourth-order valence-electron chi connectivity index (χ4n) is 1.89. The molecule has 0 aliphatic heterocycles. The molecular formula is C16H18N2O3S. The number of amides is 2. The van der Waals surface area contributed by atoms with Crippen LogP contribution in [0.15, 0.2) is 47.2 Å². The number of aliphatic hydroxyl groups is 1. The molecular weight excluding hydrogens is 300 g/mol. The van der Waals surface area contributed by atoms with E-state index in [0.717, 1.165) is 5.56 Å². The van der Waals surface area contributed by atoms with E-state index in [1.807, 2.05) is 18.2 Å². The molecule has 1 aromatic heterocycles. The number of hydrogen-bond donors (Lipinski definition) is 3. The molecule has 1 aromatic carbocycles. The van der Waals surface area contributed by atoms with Crippen LogP contribution in [0.4, 0.5) is 0 Å². The van der Waals surface area contributed by atoms with Crippen LogP contribution >= 0.6 is 11.3 Å². The summed E-state index contributed by atoms with van der Waals surface area (Å²) in [6.07, 6.45) is 0. The Bertz CT molecular complexity index is 624. The lowest BCUT2D eigenvalue weighted by atomic mass is 9.96. The molecule has 2 rings (SSSR count). The molecule has 3 N–H and O–H groups in total. The molecule has 0 radical (unpaired) electrons. The van der Waals surface area contributed by atoms with E-state index < -0.39 is 5.60 Å². The Kier molecular flexibility index (Phi) is 5.30. The molecule has 1 unspecified atom stereocenters. The Labute approximate surface area is 133 Å². The molecule has 0 bridgehead atoms. The normalized spacial score (nSPS) is 13.2. The minimum absolute atomic E-state index is 0.0736. The number of carbonyl (C=O) groups excluding carboxylic acids is 2. The van der Waals surface area contributed by atoms with Gasteiger partial charge in [-0.25, -0.2) is 0 Å². The summed E-state index contributed by atoms with van der Waals surface area (Å²) in [6.45, 7) is 1.58. The van der Waals surface area contributed by atoms with E-state index in [1.54, 1.807) is 35.9 Å². The van der Waals surface area contributed by atoms with Crippen LogP contribution in [0.3, 0.4) is 0 Å². The molecule has 1 heterocycles. The fraction of sp³-hybridized carbons (Fsp3) is 0.250. The van der Waals surface area contributed by atoms with Crippen molar-refractivity contribution in [2.24, 2.45) is 0 Å². The lowest BCUT2D eigenvalue weighted by molar-refractivity contribution is -0.121. The third-order valence-electron chi connectivity index (χ3n) is 3.22. The number of hydrogen-bond acceptors (Lipinski definition) is 4. The van der Waals surface area contributed by atoms with Gasteiger partial charge in [-0.1, -0.05) is 30.3 Å². The number of thiophene rings is 1. The second-order valence-electron chi connectivity index (χ2n) is 5.11. The molecule has 22 heavy (non-hydrogen) atoms. The van der Waals surface area contributed by atoms with Gasteiger partial charge in [0.25, 0.3) is 5.91 Å². The van der Waals surface area contributed by atoms with Crippen molar-refractivity contribution in [1.82, 2.24) is 10.6 Å². The number of rotatable bonds is 6. The van der Waals surface area contributed by atoms with Gasteiger partial charge >= 0.3 is 0 Å². The quantitative estimate of drug-likeness (QED) is 0.755. The highest BCUT2D eigenvalue weighted by Gasteiger charge is 2.23. The Hall–Kier alpha value is -2.18. The molecule has 116 valence electrons. The third-order valence-corrected chi connectivity index (χ3v) is 3.90. The van der Waals surface area contributed by atoms with E-state index in [4.69, 9.17) is 0 Å². The Morgan fingerprint density at radius 2 is 1.91 bits per heavy atom. The first kappa shape index (κ1) is 16.2. The molecule has 6 heteroatoms. The lowest BCUT2D eigenvalue weighted by Crippen LogP contribution is -2.43. The van der Waals surface area contributed by atoms with E-state index >= 15 is 0 Å². The van der Waals surface area contributed by atoms with Crippen LogP contribution in [0.5, 0.6) is 0 Å². The third kappa shape index (κ3) is 4.41. The maximum atomic E-state index is 11.8. The van der Waals surface area contributed by atoms with E-state index in [0.29, 0.717) is 5.56 Å². The summed E-state index contributed by atoms with van der Waals surface area (Å²) in [7, 11) is 0. The molecule has 0 saturated carbocycles. The van der Waals surface area contributed by atoms with Gasteiger partial charge in [-0.2, -0.15) is 11.3 Å². The van der Waals surface area contributed by atoms with Crippen LogP contribution in [-0.2, 0) is 10.4 Å². The Morgan fingerprint density at radius 1 is 1.18 bits per heavy atom. The Balaban J connectivity index is 1.79. The van der Waals surface area contributed by atoms with Crippen molar-refractivity contribution in [3.8, 4) is 0 Å². The van der Waals surface area contributed by atoms with Crippen molar-refractivity contribution >= 4 is 23.2 Å². The smallest absolute Gasteiger partial charge is 0.252 e. The van der Waals surface area contributed by atoms with Gasteiger partial charge in [-0.05, 0) is 23.9 Å². The highest BCUT2D eigenvalue weighted by Crippen LogP contribution is 2.18. The highest BCUT2D eigenvalue weighted by molar-refractivity contribution is 7.08. The minimum Gasteiger partial charge on any atom is -0.384 e. The van der Waals surface area contributed by atoms with Gasteiger partial charge in [0.1, 0.15) is 5.60 Å². The molecule has 5 nitrogen and oxygen atoms in total. The summed E-state index contributed by atoms with van der Waals surface area (Å²) in [5.74, 6) is -0.633. The summed E-state index contributed by atoms with van der Waals surface area (Å²) in [6, 6.07) is 10.8. The SMILES string of the molecule is CC(O)(CNC(=O)CNC(=O)c1ccsc1)c1ccccc1. The van der Waals surface area contributed by atoms with Crippen molar-refractivity contribution in [3.05, 3.63) is 58.3 Å². The van der Waals surface area contributed by atoms with Crippen LogP contribution in [0.2, 0.25) is 0 Å². The molecule has 2 amide bonds. The van der Waals surface area contributed by atoms with Gasteiger partial charge in [0, 0.05) is 10.9 Å². The first-order valence-electron chi connectivity index (χ1n) is 6.84. The molecule has 0 saturated heterocycles. The first-order chi connectivity index (χ1) is 10.5. The number of carbonyl (C=O) groups is 2. The molecule has 0 fully saturated rings. The van der Waals surface area contributed by atoms with Crippen LogP contribution < -0.4 is 10.6 Å². The predicted octanol–water partition coefficient (Wildman–Crippen LogP) is 1.50. The molecule has 0 aliphatic rings. The second-order valence-corrected chi connectivity index (χ2v) is 5.89. The van der Waals surface area contributed by atoms with Crippen molar-refractivity contribution in [3.63, 3.8) is 0 Å². The fourth-order valence-corrected chi connectivity index (χ4v) is 2.52. The average Bonchev–Trinajstić information content (AvgIpc) is 3.06. The first-order valence-corrected chi connectivity index (χ1v) is 7.78. The van der Waals surface area contributed by atoms with Gasteiger partial charge in [-0.15, -0.1) is 0 Å². The lowest BCUT2D eigenvalue weighted by Gasteiger charge is -2.24. The number of nitrogens with one attached hydrogen (secondary N) is 2. The average molecular weight is 318 g/mol. The van der Waals surface area contributed by atoms with Gasteiger partial charge in [0.2, 0.25) is 5.91 Å². The minimum atomic E-state index is -1.16. The van der Waals surface area contributed by atoms with Gasteiger partial charge < -0.3 is 15.7 Å². The highest BCUT2D eigenvalue weighted by atomic mass is 32.1. The maximum absolute atomic E-state index is 11.8. The summed E-state index contributed by atoms with van der Waals surface area (Å²) < 4.78 is 0. The number of benzene rings is 1. The van der Waals surface area contributed by atoms with Crippen molar-refractivity contribution in [2.75, 3.05) is 13.1 Å². The van der Waals surface area contributed by atoms with Crippen molar-refractivity contribution < 1.29 is 14.7 Å². The van der Waals surface area contributed by atoms with E-state index in [2.05, 4.69) is 10.6 Å². The van der Waals surface area contributed by atoms with Crippen molar-refractivity contribution in [1.29, 1.82) is 0 Å². The molecule has 1 atom stereocenters. The monoisotopic (exact) mass is 318 g/mol. The van der Waals surface area contributed by atoms with Crippen LogP contribution in [-0.4, -0.2) is 30.0 Å². The van der Waals surface area contributed by atoms with Crippen molar-refractivity contribution in [2.45, 2.75) is 12.5 Å². The summed E-state index contributed by atoms with van der Waals surface area (Å²) >= 11 is 1.42. The van der Waals surface area contributed by atoms with Crippen LogP contribution in [0, 0.1) is 0 Å². The molecule has 0 aliphatic carbocycles. The van der Waals surface area contributed by atoms with Crippen LogP contribution in [0.25, 0.3) is 0 Å². The summed E-state index contributed by atoms with van der Waals surface area (Å²) in [4.78, 5) is 23.5.